The van der Waals surface area contributed by atoms with Gasteiger partial charge in [-0.1, -0.05) is 29.8 Å². The number of rotatable bonds is 5. The van der Waals surface area contributed by atoms with Crippen LogP contribution in [0.25, 0.3) is 11.3 Å². The minimum absolute atomic E-state index is 0. The Bertz CT molecular complexity index is 820. The van der Waals surface area contributed by atoms with E-state index in [0.717, 1.165) is 36.7 Å². The number of carbonyl (C=O) groups is 1. The van der Waals surface area contributed by atoms with Crippen LogP contribution in [0.15, 0.2) is 39.9 Å². The van der Waals surface area contributed by atoms with E-state index in [2.05, 4.69) is 27.1 Å². The Morgan fingerprint density at radius 3 is 2.83 bits per heavy atom. The summed E-state index contributed by atoms with van der Waals surface area (Å²) < 4.78 is 11.0. The second kappa shape index (κ2) is 11.2. The predicted molar refractivity (Wildman–Crippen MR) is 123 cm³/mol. The van der Waals surface area contributed by atoms with Crippen LogP contribution in [0.4, 0.5) is 0 Å². The predicted octanol–water partition coefficient (Wildman–Crippen LogP) is 3.62. The number of nitrogens with one attached hydrogen (secondary N) is 1. The number of likely N-dealkylation sites (tertiary alicyclic amines) is 1. The highest BCUT2D eigenvalue weighted by Crippen LogP contribution is 2.21. The number of hydrogen-bond donors (Lipinski definition) is 1. The number of hydrogen-bond acceptors (Lipinski definition) is 5. The van der Waals surface area contributed by atoms with Crippen LogP contribution in [-0.4, -0.2) is 48.6 Å². The van der Waals surface area contributed by atoms with Crippen molar-refractivity contribution in [3.8, 4) is 11.3 Å². The largest absolute Gasteiger partial charge is 0.466 e. The molecule has 0 bridgehead atoms. The third kappa shape index (κ3) is 6.19. The Morgan fingerprint density at radius 2 is 2.14 bits per heavy atom. The lowest BCUT2D eigenvalue weighted by atomic mass is 9.98. The maximum Gasteiger partial charge on any atom is 0.310 e. The summed E-state index contributed by atoms with van der Waals surface area (Å²) in [6.07, 6.45) is 3.52. The number of carbonyl (C=O) groups excluding carboxylic acids is 1. The average Bonchev–Trinajstić information content (AvgIpc) is 3.18. The molecule has 158 valence electrons. The molecule has 1 fully saturated rings. The molecule has 0 aliphatic carbocycles. The first-order valence-electron chi connectivity index (χ1n) is 9.74. The zero-order valence-electron chi connectivity index (χ0n) is 17.2. The molecule has 8 heteroatoms. The van der Waals surface area contributed by atoms with Gasteiger partial charge in [0.2, 0.25) is 5.89 Å². The summed E-state index contributed by atoms with van der Waals surface area (Å²) in [5.41, 5.74) is 2.21. The zero-order valence-corrected chi connectivity index (χ0v) is 19.5. The lowest BCUT2D eigenvalue weighted by Gasteiger charge is -2.33. The van der Waals surface area contributed by atoms with Gasteiger partial charge in [-0.2, -0.15) is 0 Å². The van der Waals surface area contributed by atoms with Gasteiger partial charge in [0.1, 0.15) is 0 Å². The Morgan fingerprint density at radius 1 is 1.38 bits per heavy atom. The third-order valence-corrected chi connectivity index (χ3v) is 4.84. The number of piperidine rings is 1. The van der Waals surface area contributed by atoms with E-state index in [0.29, 0.717) is 25.6 Å². The van der Waals surface area contributed by atoms with E-state index < -0.39 is 0 Å². The number of benzene rings is 1. The lowest BCUT2D eigenvalue weighted by molar-refractivity contribution is -0.149. The summed E-state index contributed by atoms with van der Waals surface area (Å²) in [6, 6.07) is 8.15. The second-order valence-corrected chi connectivity index (χ2v) is 6.92. The van der Waals surface area contributed by atoms with E-state index in [-0.39, 0.29) is 35.9 Å². The van der Waals surface area contributed by atoms with Gasteiger partial charge in [0.05, 0.1) is 25.3 Å². The molecule has 0 spiro atoms. The molecule has 1 aliphatic rings. The lowest BCUT2D eigenvalue weighted by Crippen LogP contribution is -2.48. The molecule has 29 heavy (non-hydrogen) atoms. The van der Waals surface area contributed by atoms with Crippen molar-refractivity contribution in [2.45, 2.75) is 33.2 Å². The van der Waals surface area contributed by atoms with Crippen LogP contribution >= 0.6 is 24.0 Å². The maximum absolute atomic E-state index is 12.1. The number of halogens is 1. The average molecular weight is 512 g/mol. The van der Waals surface area contributed by atoms with Crippen molar-refractivity contribution in [3.05, 3.63) is 41.9 Å². The Kier molecular flexibility index (Phi) is 8.94. The van der Waals surface area contributed by atoms with E-state index in [1.165, 1.54) is 5.56 Å². The number of aliphatic imine (C=N–C) groups is 1. The summed E-state index contributed by atoms with van der Waals surface area (Å²) in [6.45, 7) is 6.20. The van der Waals surface area contributed by atoms with Crippen molar-refractivity contribution in [2.24, 2.45) is 10.9 Å². The molecular weight excluding hydrogens is 483 g/mol. The Hall–Kier alpha value is -2.10. The molecule has 1 aromatic heterocycles. The van der Waals surface area contributed by atoms with Crippen molar-refractivity contribution < 1.29 is 13.9 Å². The topological polar surface area (TPSA) is 80.0 Å². The van der Waals surface area contributed by atoms with Crippen molar-refractivity contribution in [2.75, 3.05) is 26.7 Å². The molecule has 0 saturated carbocycles. The first-order chi connectivity index (χ1) is 13.6. The van der Waals surface area contributed by atoms with E-state index >= 15 is 0 Å². The van der Waals surface area contributed by atoms with Crippen LogP contribution in [0.5, 0.6) is 0 Å². The van der Waals surface area contributed by atoms with Crippen molar-refractivity contribution in [1.82, 2.24) is 15.2 Å². The first kappa shape index (κ1) is 23.2. The van der Waals surface area contributed by atoms with Crippen LogP contribution in [0, 0.1) is 12.8 Å². The molecule has 1 N–H and O–H groups in total. The van der Waals surface area contributed by atoms with Crippen LogP contribution in [-0.2, 0) is 16.1 Å². The number of ether oxygens (including phenoxy) is 1. The minimum Gasteiger partial charge on any atom is -0.466 e. The van der Waals surface area contributed by atoms with Crippen molar-refractivity contribution >= 4 is 35.9 Å². The van der Waals surface area contributed by atoms with Crippen molar-refractivity contribution in [1.29, 1.82) is 0 Å². The summed E-state index contributed by atoms with van der Waals surface area (Å²) in [5, 5.41) is 3.29. The summed E-state index contributed by atoms with van der Waals surface area (Å²) in [4.78, 5) is 22.9. The van der Waals surface area contributed by atoms with Gasteiger partial charge in [0.25, 0.3) is 0 Å². The molecule has 1 unspecified atom stereocenters. The monoisotopic (exact) mass is 512 g/mol. The molecule has 1 aliphatic heterocycles. The van der Waals surface area contributed by atoms with Gasteiger partial charge in [-0.3, -0.25) is 9.79 Å². The van der Waals surface area contributed by atoms with Crippen LogP contribution in [0.3, 0.4) is 0 Å². The fourth-order valence-corrected chi connectivity index (χ4v) is 3.35. The summed E-state index contributed by atoms with van der Waals surface area (Å²) >= 11 is 0. The molecule has 1 aromatic carbocycles. The fourth-order valence-electron chi connectivity index (χ4n) is 3.35. The van der Waals surface area contributed by atoms with E-state index in [4.69, 9.17) is 9.15 Å². The van der Waals surface area contributed by atoms with E-state index in [1.54, 1.807) is 13.2 Å². The number of guanidine groups is 1. The molecule has 1 saturated heterocycles. The van der Waals surface area contributed by atoms with Gasteiger partial charge in [-0.05, 0) is 26.7 Å². The van der Waals surface area contributed by atoms with Crippen LogP contribution in [0.2, 0.25) is 0 Å². The summed E-state index contributed by atoms with van der Waals surface area (Å²) in [7, 11) is 1.74. The maximum atomic E-state index is 12.1. The van der Waals surface area contributed by atoms with Crippen LogP contribution < -0.4 is 5.32 Å². The van der Waals surface area contributed by atoms with Gasteiger partial charge < -0.3 is 19.4 Å². The molecule has 0 radical (unpaired) electrons. The van der Waals surface area contributed by atoms with Gasteiger partial charge >= 0.3 is 5.97 Å². The molecule has 3 rings (SSSR count). The molecule has 0 amide bonds. The second-order valence-electron chi connectivity index (χ2n) is 6.92. The zero-order chi connectivity index (χ0) is 19.9. The standard InChI is InChI=1S/C21H28N4O3.HI/c1-4-27-20(26)17-6-5-11-25(14-17)21(22-3)24-13-19-23-12-18(28-19)16-9-7-15(2)8-10-16;/h7-10,12,17H,4-6,11,13-14H2,1-3H3,(H,22,24);1H. The number of nitrogens with zero attached hydrogens (tertiary/aromatic N) is 3. The quantitative estimate of drug-likeness (QED) is 0.286. The SMILES string of the molecule is CCOC(=O)C1CCCN(C(=NC)NCc2ncc(-c3ccc(C)cc3)o2)C1.I. The number of oxazole rings is 1. The van der Waals surface area contributed by atoms with Gasteiger partial charge in [0, 0.05) is 25.7 Å². The number of aromatic nitrogens is 1. The molecular formula is C21H29IN4O3. The highest BCUT2D eigenvalue weighted by molar-refractivity contribution is 14.0. The van der Waals surface area contributed by atoms with Crippen molar-refractivity contribution in [3.63, 3.8) is 0 Å². The molecule has 1 atom stereocenters. The molecule has 7 nitrogen and oxygen atoms in total. The van der Waals surface area contributed by atoms with E-state index in [9.17, 15) is 4.79 Å². The third-order valence-electron chi connectivity index (χ3n) is 4.84. The molecule has 2 aromatic rings. The van der Waals surface area contributed by atoms with Gasteiger partial charge in [-0.25, -0.2) is 4.98 Å². The first-order valence-corrected chi connectivity index (χ1v) is 9.74. The fraction of sp³-hybridized carbons (Fsp3) is 0.476. The van der Waals surface area contributed by atoms with E-state index in [1.807, 2.05) is 31.2 Å². The smallest absolute Gasteiger partial charge is 0.310 e. The number of aryl methyl sites for hydroxylation is 1. The van der Waals surface area contributed by atoms with Crippen LogP contribution in [0.1, 0.15) is 31.2 Å². The molecule has 2 heterocycles. The Balaban J connectivity index is 0.00000300. The number of esters is 1. The Labute approximate surface area is 188 Å². The van der Waals surface area contributed by atoms with Gasteiger partial charge in [-0.15, -0.1) is 24.0 Å². The minimum atomic E-state index is -0.127. The highest BCUT2D eigenvalue weighted by Gasteiger charge is 2.28. The summed E-state index contributed by atoms with van der Waals surface area (Å²) in [5.74, 6) is 1.84. The highest BCUT2D eigenvalue weighted by atomic mass is 127. The normalized spacial score (nSPS) is 16.9. The van der Waals surface area contributed by atoms with Gasteiger partial charge in [0.15, 0.2) is 11.7 Å².